The molecule has 96 valence electrons. The molecule has 1 heterocycles. The fraction of sp³-hybridized carbons (Fsp3) is 1.00. The Kier molecular flexibility index (Phi) is 4.76. The Balaban J connectivity index is 2.32. The summed E-state index contributed by atoms with van der Waals surface area (Å²) in [6, 6.07) is 0. The second-order valence-corrected chi connectivity index (χ2v) is 7.38. The Morgan fingerprint density at radius 2 is 2.06 bits per heavy atom. The number of nitrogens with one attached hydrogen (secondary N) is 2. The first-order valence-electron chi connectivity index (χ1n) is 6.03. The van der Waals surface area contributed by atoms with Gasteiger partial charge in [0, 0.05) is 5.54 Å². The number of hydrogen-bond acceptors (Lipinski definition) is 4. The summed E-state index contributed by atoms with van der Waals surface area (Å²) in [7, 11) is -2.80. The highest BCUT2D eigenvalue weighted by Gasteiger charge is 2.37. The van der Waals surface area contributed by atoms with Crippen LogP contribution < -0.4 is 10.6 Å². The molecule has 0 aromatic carbocycles. The highest BCUT2D eigenvalue weighted by Crippen LogP contribution is 2.22. The molecule has 16 heavy (non-hydrogen) atoms. The van der Waals surface area contributed by atoms with Crippen LogP contribution in [0.1, 0.15) is 27.2 Å². The van der Waals surface area contributed by atoms with E-state index < -0.39 is 9.84 Å². The Morgan fingerprint density at radius 3 is 2.56 bits per heavy atom. The quantitative estimate of drug-likeness (QED) is 0.714. The second-order valence-electron chi connectivity index (χ2n) is 5.20. The fourth-order valence-corrected chi connectivity index (χ4v) is 4.16. The van der Waals surface area contributed by atoms with Crippen molar-refractivity contribution in [2.45, 2.75) is 32.7 Å². The molecular formula is C11H24N2O2S. The van der Waals surface area contributed by atoms with Gasteiger partial charge in [0.2, 0.25) is 0 Å². The van der Waals surface area contributed by atoms with Crippen molar-refractivity contribution in [3.05, 3.63) is 0 Å². The summed E-state index contributed by atoms with van der Waals surface area (Å²) in [5, 5.41) is 6.70. The summed E-state index contributed by atoms with van der Waals surface area (Å²) >= 11 is 0. The lowest BCUT2D eigenvalue weighted by Gasteiger charge is -2.26. The lowest BCUT2D eigenvalue weighted by molar-refractivity contribution is 0.356. The molecule has 0 bridgehead atoms. The third-order valence-electron chi connectivity index (χ3n) is 3.12. The van der Waals surface area contributed by atoms with Crippen molar-refractivity contribution in [3.63, 3.8) is 0 Å². The average molecular weight is 248 g/mol. The fourth-order valence-electron chi connectivity index (χ4n) is 2.03. The van der Waals surface area contributed by atoms with E-state index >= 15 is 0 Å². The molecule has 0 aromatic rings. The van der Waals surface area contributed by atoms with Crippen LogP contribution in [0.15, 0.2) is 0 Å². The third kappa shape index (κ3) is 4.39. The van der Waals surface area contributed by atoms with E-state index in [-0.39, 0.29) is 11.3 Å². The zero-order chi connectivity index (χ0) is 12.2. The van der Waals surface area contributed by atoms with E-state index in [1.165, 1.54) is 0 Å². The molecule has 1 aliphatic rings. The van der Waals surface area contributed by atoms with Crippen molar-refractivity contribution in [2.75, 3.05) is 31.1 Å². The van der Waals surface area contributed by atoms with Crippen LogP contribution in [-0.4, -0.2) is 45.1 Å². The lowest BCUT2D eigenvalue weighted by atomic mass is 10.0. The number of rotatable bonds is 6. The zero-order valence-corrected chi connectivity index (χ0v) is 11.4. The molecule has 1 rings (SSSR count). The van der Waals surface area contributed by atoms with Gasteiger partial charge in [-0.1, -0.05) is 13.8 Å². The summed E-state index contributed by atoms with van der Waals surface area (Å²) < 4.78 is 22.8. The molecule has 1 aliphatic heterocycles. The molecule has 5 heteroatoms. The number of sulfone groups is 1. The SMILES string of the molecule is CCNCC(C)CNC1(C)CCS(=O)(=O)C1. The van der Waals surface area contributed by atoms with Gasteiger partial charge >= 0.3 is 0 Å². The first kappa shape index (κ1) is 13.9. The summed E-state index contributed by atoms with van der Waals surface area (Å²) in [6.07, 6.45) is 0.739. The van der Waals surface area contributed by atoms with E-state index in [0.717, 1.165) is 26.1 Å². The van der Waals surface area contributed by atoms with E-state index in [1.807, 2.05) is 6.92 Å². The molecule has 2 atom stereocenters. The van der Waals surface area contributed by atoms with Gasteiger partial charge in [-0.15, -0.1) is 0 Å². The van der Waals surface area contributed by atoms with E-state index in [9.17, 15) is 8.42 Å². The van der Waals surface area contributed by atoms with Crippen molar-refractivity contribution in [1.82, 2.24) is 10.6 Å². The van der Waals surface area contributed by atoms with Crippen LogP contribution in [0, 0.1) is 5.92 Å². The summed E-state index contributed by atoms with van der Waals surface area (Å²) in [5.74, 6) is 1.14. The molecule has 2 unspecified atom stereocenters. The van der Waals surface area contributed by atoms with Gasteiger partial charge in [0.05, 0.1) is 11.5 Å². The maximum absolute atomic E-state index is 11.4. The minimum absolute atomic E-state index is 0.209. The van der Waals surface area contributed by atoms with Crippen molar-refractivity contribution < 1.29 is 8.42 Å². The van der Waals surface area contributed by atoms with Crippen LogP contribution in [0.3, 0.4) is 0 Å². The Labute approximate surface area is 99.1 Å². The van der Waals surface area contributed by atoms with Crippen LogP contribution in [0.2, 0.25) is 0 Å². The van der Waals surface area contributed by atoms with E-state index in [2.05, 4.69) is 24.5 Å². The maximum atomic E-state index is 11.4. The van der Waals surface area contributed by atoms with Gasteiger partial charge in [-0.3, -0.25) is 0 Å². The van der Waals surface area contributed by atoms with E-state index in [1.54, 1.807) is 0 Å². The molecule has 0 saturated carbocycles. The smallest absolute Gasteiger partial charge is 0.152 e. The molecule has 1 saturated heterocycles. The van der Waals surface area contributed by atoms with Gasteiger partial charge in [0.15, 0.2) is 9.84 Å². The highest BCUT2D eigenvalue weighted by atomic mass is 32.2. The molecule has 0 spiro atoms. The van der Waals surface area contributed by atoms with E-state index in [0.29, 0.717) is 11.7 Å². The highest BCUT2D eigenvalue weighted by molar-refractivity contribution is 7.91. The van der Waals surface area contributed by atoms with Crippen LogP contribution in [-0.2, 0) is 9.84 Å². The molecule has 4 nitrogen and oxygen atoms in total. The number of hydrogen-bond donors (Lipinski definition) is 2. The van der Waals surface area contributed by atoms with Crippen LogP contribution in [0.4, 0.5) is 0 Å². The van der Waals surface area contributed by atoms with Crippen molar-refractivity contribution in [1.29, 1.82) is 0 Å². The summed E-state index contributed by atoms with van der Waals surface area (Å²) in [4.78, 5) is 0. The second kappa shape index (κ2) is 5.47. The Morgan fingerprint density at radius 1 is 1.38 bits per heavy atom. The molecule has 0 radical (unpaired) electrons. The van der Waals surface area contributed by atoms with Gasteiger partial charge in [-0.05, 0) is 38.9 Å². The molecule has 0 aliphatic carbocycles. The van der Waals surface area contributed by atoms with E-state index in [4.69, 9.17) is 0 Å². The van der Waals surface area contributed by atoms with Crippen LogP contribution in [0.5, 0.6) is 0 Å². The molecular weight excluding hydrogens is 224 g/mol. The Hall–Kier alpha value is -0.130. The molecule has 0 amide bonds. The van der Waals surface area contributed by atoms with Gasteiger partial charge in [-0.2, -0.15) is 0 Å². The van der Waals surface area contributed by atoms with Crippen molar-refractivity contribution in [2.24, 2.45) is 5.92 Å². The average Bonchev–Trinajstić information content (AvgIpc) is 2.48. The topological polar surface area (TPSA) is 58.2 Å². The lowest BCUT2D eigenvalue weighted by Crippen LogP contribution is -2.46. The van der Waals surface area contributed by atoms with Gasteiger partial charge in [-0.25, -0.2) is 8.42 Å². The van der Waals surface area contributed by atoms with Crippen LogP contribution >= 0.6 is 0 Å². The minimum Gasteiger partial charge on any atom is -0.317 e. The first-order valence-corrected chi connectivity index (χ1v) is 7.85. The molecule has 1 fully saturated rings. The zero-order valence-electron chi connectivity index (χ0n) is 10.5. The largest absolute Gasteiger partial charge is 0.317 e. The standard InChI is InChI=1S/C11H24N2O2S/c1-4-12-7-10(2)8-13-11(3)5-6-16(14,15)9-11/h10,12-13H,4-9H2,1-3H3. The van der Waals surface area contributed by atoms with Gasteiger partial charge in [0.1, 0.15) is 0 Å². The van der Waals surface area contributed by atoms with Crippen molar-refractivity contribution in [3.8, 4) is 0 Å². The monoisotopic (exact) mass is 248 g/mol. The first-order chi connectivity index (χ1) is 7.37. The summed E-state index contributed by atoms with van der Waals surface area (Å²) in [5.41, 5.74) is -0.209. The Bertz CT molecular complexity index is 316. The maximum Gasteiger partial charge on any atom is 0.152 e. The normalized spacial score (nSPS) is 30.4. The summed E-state index contributed by atoms with van der Waals surface area (Å²) in [6.45, 7) is 9.10. The van der Waals surface area contributed by atoms with Gasteiger partial charge in [0.25, 0.3) is 0 Å². The minimum atomic E-state index is -2.80. The van der Waals surface area contributed by atoms with Crippen molar-refractivity contribution >= 4 is 9.84 Å². The predicted octanol–water partition coefficient (Wildman–Crippen LogP) is 0.399. The van der Waals surface area contributed by atoms with Crippen LogP contribution in [0.25, 0.3) is 0 Å². The molecule has 0 aromatic heterocycles. The molecule has 2 N–H and O–H groups in total. The third-order valence-corrected chi connectivity index (χ3v) is 5.03. The predicted molar refractivity (Wildman–Crippen MR) is 67.4 cm³/mol. The van der Waals surface area contributed by atoms with Gasteiger partial charge < -0.3 is 10.6 Å².